The van der Waals surface area contributed by atoms with Gasteiger partial charge in [0.2, 0.25) is 0 Å². The first kappa shape index (κ1) is 13.3. The molecule has 1 atom stereocenters. The van der Waals surface area contributed by atoms with Crippen LogP contribution in [0.2, 0.25) is 0 Å². The van der Waals surface area contributed by atoms with Crippen LogP contribution in [0.4, 0.5) is 0 Å². The lowest BCUT2D eigenvalue weighted by Gasteiger charge is -2.17. The van der Waals surface area contributed by atoms with Crippen molar-refractivity contribution in [2.45, 2.75) is 26.8 Å². The standard InChI is InChI=1S/C15H19N3O/c1-10-5-6-13(11(2)9-10)12(3)17-15(19)14-7-8-16-18(14)4/h5-9,12H,1-4H3,(H,17,19). The first-order valence-electron chi connectivity index (χ1n) is 6.35. The van der Waals surface area contributed by atoms with Crippen molar-refractivity contribution in [3.8, 4) is 0 Å². The molecular formula is C15H19N3O. The van der Waals surface area contributed by atoms with Crippen LogP contribution in [0.3, 0.4) is 0 Å². The summed E-state index contributed by atoms with van der Waals surface area (Å²) in [6, 6.07) is 7.95. The van der Waals surface area contributed by atoms with E-state index in [0.29, 0.717) is 5.69 Å². The summed E-state index contributed by atoms with van der Waals surface area (Å²) in [4.78, 5) is 12.1. The number of amides is 1. The van der Waals surface area contributed by atoms with E-state index in [1.165, 1.54) is 11.1 Å². The van der Waals surface area contributed by atoms with Gasteiger partial charge in [-0.2, -0.15) is 5.10 Å². The summed E-state index contributed by atoms with van der Waals surface area (Å²) in [7, 11) is 1.76. The molecule has 0 spiro atoms. The van der Waals surface area contributed by atoms with E-state index in [9.17, 15) is 4.79 Å². The predicted molar refractivity (Wildman–Crippen MR) is 75.0 cm³/mol. The van der Waals surface area contributed by atoms with Gasteiger partial charge in [-0.3, -0.25) is 9.48 Å². The number of nitrogens with one attached hydrogen (secondary N) is 1. The van der Waals surface area contributed by atoms with E-state index in [4.69, 9.17) is 0 Å². The van der Waals surface area contributed by atoms with Gasteiger partial charge in [-0.15, -0.1) is 0 Å². The fourth-order valence-electron chi connectivity index (χ4n) is 2.26. The van der Waals surface area contributed by atoms with E-state index < -0.39 is 0 Å². The fourth-order valence-corrected chi connectivity index (χ4v) is 2.26. The van der Waals surface area contributed by atoms with E-state index in [2.05, 4.69) is 42.5 Å². The molecule has 100 valence electrons. The Morgan fingerprint density at radius 2 is 2.05 bits per heavy atom. The lowest BCUT2D eigenvalue weighted by atomic mass is 10.0. The van der Waals surface area contributed by atoms with Gasteiger partial charge in [-0.25, -0.2) is 0 Å². The molecule has 1 aromatic heterocycles. The molecule has 2 aromatic rings. The smallest absolute Gasteiger partial charge is 0.270 e. The molecule has 0 aliphatic heterocycles. The van der Waals surface area contributed by atoms with Gasteiger partial charge in [0, 0.05) is 13.2 Å². The second-order valence-corrected chi connectivity index (χ2v) is 4.90. The van der Waals surface area contributed by atoms with E-state index in [-0.39, 0.29) is 11.9 Å². The van der Waals surface area contributed by atoms with E-state index in [1.807, 2.05) is 6.92 Å². The second kappa shape index (κ2) is 5.26. The molecule has 0 saturated carbocycles. The summed E-state index contributed by atoms with van der Waals surface area (Å²) in [6.45, 7) is 6.12. The van der Waals surface area contributed by atoms with Crippen LogP contribution < -0.4 is 5.32 Å². The van der Waals surface area contributed by atoms with Crippen LogP contribution in [0.5, 0.6) is 0 Å². The molecular weight excluding hydrogens is 238 g/mol. The third-order valence-electron chi connectivity index (χ3n) is 3.29. The van der Waals surface area contributed by atoms with Crippen molar-refractivity contribution in [1.29, 1.82) is 0 Å². The summed E-state index contributed by atoms with van der Waals surface area (Å²) in [5.41, 5.74) is 4.13. The third-order valence-corrected chi connectivity index (χ3v) is 3.29. The van der Waals surface area contributed by atoms with Crippen molar-refractivity contribution in [3.63, 3.8) is 0 Å². The van der Waals surface area contributed by atoms with Crippen LogP contribution in [0.1, 0.15) is 40.1 Å². The van der Waals surface area contributed by atoms with Crippen molar-refractivity contribution in [2.75, 3.05) is 0 Å². The molecule has 2 rings (SSSR count). The molecule has 0 fully saturated rings. The van der Waals surface area contributed by atoms with Crippen LogP contribution >= 0.6 is 0 Å². The summed E-state index contributed by atoms with van der Waals surface area (Å²) < 4.78 is 1.57. The van der Waals surface area contributed by atoms with Gasteiger partial charge < -0.3 is 5.32 Å². The number of nitrogens with zero attached hydrogens (tertiary/aromatic N) is 2. The van der Waals surface area contributed by atoms with Crippen LogP contribution in [0, 0.1) is 13.8 Å². The van der Waals surface area contributed by atoms with E-state index in [1.54, 1.807) is 24.0 Å². The highest BCUT2D eigenvalue weighted by Gasteiger charge is 2.15. The average molecular weight is 257 g/mol. The molecule has 1 amide bonds. The van der Waals surface area contributed by atoms with Crippen LogP contribution in [-0.2, 0) is 7.05 Å². The first-order chi connectivity index (χ1) is 8.99. The molecule has 1 heterocycles. The monoisotopic (exact) mass is 257 g/mol. The molecule has 1 aromatic carbocycles. The van der Waals surface area contributed by atoms with Crippen molar-refractivity contribution < 1.29 is 4.79 Å². The summed E-state index contributed by atoms with van der Waals surface area (Å²) in [5.74, 6) is -0.104. The van der Waals surface area contributed by atoms with Gasteiger partial charge >= 0.3 is 0 Å². The number of aromatic nitrogens is 2. The van der Waals surface area contributed by atoms with E-state index in [0.717, 1.165) is 5.56 Å². The van der Waals surface area contributed by atoms with Crippen LogP contribution in [0.25, 0.3) is 0 Å². The minimum absolute atomic E-state index is 0.0250. The minimum atomic E-state index is -0.104. The number of carbonyl (C=O) groups excluding carboxylic acids is 1. The third kappa shape index (κ3) is 2.84. The largest absolute Gasteiger partial charge is 0.344 e. The SMILES string of the molecule is Cc1ccc(C(C)NC(=O)c2ccnn2C)c(C)c1. The topological polar surface area (TPSA) is 46.9 Å². The van der Waals surface area contributed by atoms with Gasteiger partial charge in [-0.05, 0) is 38.0 Å². The normalized spacial score (nSPS) is 12.2. The maximum absolute atomic E-state index is 12.1. The lowest BCUT2D eigenvalue weighted by molar-refractivity contribution is 0.0930. The zero-order chi connectivity index (χ0) is 14.0. The Labute approximate surface area is 113 Å². The number of hydrogen-bond acceptors (Lipinski definition) is 2. The molecule has 1 unspecified atom stereocenters. The van der Waals surface area contributed by atoms with Crippen LogP contribution in [0.15, 0.2) is 30.5 Å². The number of aryl methyl sites for hydroxylation is 3. The Morgan fingerprint density at radius 3 is 2.63 bits per heavy atom. The quantitative estimate of drug-likeness (QED) is 0.918. The number of hydrogen-bond donors (Lipinski definition) is 1. The molecule has 0 aliphatic carbocycles. The molecule has 19 heavy (non-hydrogen) atoms. The first-order valence-corrected chi connectivity index (χ1v) is 6.35. The maximum atomic E-state index is 12.1. The average Bonchev–Trinajstić information content (AvgIpc) is 2.75. The molecule has 0 aliphatic rings. The zero-order valence-electron chi connectivity index (χ0n) is 11.8. The highest BCUT2D eigenvalue weighted by Crippen LogP contribution is 2.18. The predicted octanol–water partition coefficient (Wildman–Crippen LogP) is 2.53. The Balaban J connectivity index is 2.15. The van der Waals surface area contributed by atoms with Crippen molar-refractivity contribution in [3.05, 3.63) is 52.8 Å². The molecule has 1 N–H and O–H groups in total. The summed E-state index contributed by atoms with van der Waals surface area (Å²) in [6.07, 6.45) is 1.62. The van der Waals surface area contributed by atoms with E-state index >= 15 is 0 Å². The Kier molecular flexibility index (Phi) is 3.69. The highest BCUT2D eigenvalue weighted by atomic mass is 16.2. The summed E-state index contributed by atoms with van der Waals surface area (Å²) in [5, 5.41) is 7.00. The van der Waals surface area contributed by atoms with Gasteiger partial charge in [0.1, 0.15) is 5.69 Å². The summed E-state index contributed by atoms with van der Waals surface area (Å²) >= 11 is 0. The number of carbonyl (C=O) groups is 1. The molecule has 4 heteroatoms. The maximum Gasteiger partial charge on any atom is 0.270 e. The number of benzene rings is 1. The molecule has 0 saturated heterocycles. The zero-order valence-corrected chi connectivity index (χ0v) is 11.8. The lowest BCUT2D eigenvalue weighted by Crippen LogP contribution is -2.28. The second-order valence-electron chi connectivity index (χ2n) is 4.90. The van der Waals surface area contributed by atoms with Gasteiger partial charge in [0.25, 0.3) is 5.91 Å². The van der Waals surface area contributed by atoms with Gasteiger partial charge in [0.15, 0.2) is 0 Å². The van der Waals surface area contributed by atoms with Crippen molar-refractivity contribution in [2.24, 2.45) is 7.05 Å². The molecule has 0 bridgehead atoms. The van der Waals surface area contributed by atoms with Gasteiger partial charge in [-0.1, -0.05) is 23.8 Å². The fraction of sp³-hybridized carbons (Fsp3) is 0.333. The Hall–Kier alpha value is -2.10. The van der Waals surface area contributed by atoms with Crippen molar-refractivity contribution in [1.82, 2.24) is 15.1 Å². The minimum Gasteiger partial charge on any atom is -0.344 e. The highest BCUT2D eigenvalue weighted by molar-refractivity contribution is 5.92. The van der Waals surface area contributed by atoms with Crippen molar-refractivity contribution >= 4 is 5.91 Å². The Bertz CT molecular complexity index is 601. The van der Waals surface area contributed by atoms with Crippen LogP contribution in [-0.4, -0.2) is 15.7 Å². The molecule has 4 nitrogen and oxygen atoms in total. The number of rotatable bonds is 3. The van der Waals surface area contributed by atoms with Gasteiger partial charge in [0.05, 0.1) is 6.04 Å². The molecule has 0 radical (unpaired) electrons. The Morgan fingerprint density at radius 1 is 1.32 bits per heavy atom.